The molecule has 2 aromatic heterocycles. The van der Waals surface area contributed by atoms with Crippen LogP contribution in [0.4, 0.5) is 4.39 Å². The number of imidazole rings is 1. The number of carboxylic acid groups (broad SMARTS) is 1. The first-order valence-corrected chi connectivity index (χ1v) is 15.2. The number of carbonyl (C=O) groups is 1. The van der Waals surface area contributed by atoms with Gasteiger partial charge in [-0.15, -0.1) is 0 Å². The van der Waals surface area contributed by atoms with Crippen LogP contribution in [0.25, 0.3) is 11.0 Å². The van der Waals surface area contributed by atoms with Crippen LogP contribution in [0.15, 0.2) is 60.8 Å². The molecule has 3 aliphatic rings. The molecule has 1 aliphatic carbocycles. The molecule has 1 saturated heterocycles. The zero-order valence-electron chi connectivity index (χ0n) is 24.0. The molecule has 1 N–H and O–H groups in total. The van der Waals surface area contributed by atoms with Crippen LogP contribution in [0.1, 0.15) is 66.2 Å². The molecule has 1 saturated carbocycles. The fourth-order valence-corrected chi connectivity index (χ4v) is 6.63. The SMILES string of the molecule is C[C@@]1(c2ccc(Cl)cn2)Oc2ccccc2C(C2CCN(Cc3nc4ccc(C(=O)O)cc4n3CC3(CF)CC3)CC2)O1. The average Bonchev–Trinajstić information content (AvgIpc) is 3.72. The predicted molar refractivity (Wildman–Crippen MR) is 160 cm³/mol. The summed E-state index contributed by atoms with van der Waals surface area (Å²) in [5.74, 6) is -0.104. The highest BCUT2D eigenvalue weighted by Crippen LogP contribution is 2.49. The number of ether oxygens (including phenoxy) is 2. The predicted octanol–water partition coefficient (Wildman–Crippen LogP) is 6.77. The third-order valence-corrected chi connectivity index (χ3v) is 9.53. The van der Waals surface area contributed by atoms with Crippen LogP contribution in [0.3, 0.4) is 0 Å². The summed E-state index contributed by atoms with van der Waals surface area (Å²) in [4.78, 5) is 23.5. The van der Waals surface area contributed by atoms with Crippen molar-refractivity contribution in [3.8, 4) is 5.75 Å². The van der Waals surface area contributed by atoms with Crippen molar-refractivity contribution in [2.75, 3.05) is 19.8 Å². The van der Waals surface area contributed by atoms with Crippen LogP contribution in [0.2, 0.25) is 5.02 Å². The van der Waals surface area contributed by atoms with Crippen molar-refractivity contribution < 1.29 is 23.8 Å². The molecule has 2 fully saturated rings. The number of hydrogen-bond donors (Lipinski definition) is 1. The first-order chi connectivity index (χ1) is 20.8. The van der Waals surface area contributed by atoms with Gasteiger partial charge in [0.15, 0.2) is 0 Å². The van der Waals surface area contributed by atoms with Gasteiger partial charge in [-0.3, -0.25) is 14.3 Å². The van der Waals surface area contributed by atoms with Gasteiger partial charge in [-0.1, -0.05) is 29.8 Å². The van der Waals surface area contributed by atoms with E-state index >= 15 is 0 Å². The Morgan fingerprint density at radius 1 is 1.14 bits per heavy atom. The molecule has 1 unspecified atom stereocenters. The van der Waals surface area contributed by atoms with E-state index < -0.39 is 11.8 Å². The molecule has 43 heavy (non-hydrogen) atoms. The van der Waals surface area contributed by atoms with Crippen LogP contribution in [-0.2, 0) is 23.6 Å². The van der Waals surface area contributed by atoms with Gasteiger partial charge in [0.1, 0.15) is 17.3 Å². The van der Waals surface area contributed by atoms with Crippen LogP contribution < -0.4 is 4.74 Å². The second-order valence-electron chi connectivity index (χ2n) is 12.4. The number of nitrogens with zero attached hydrogens (tertiary/aromatic N) is 4. The molecule has 224 valence electrons. The summed E-state index contributed by atoms with van der Waals surface area (Å²) >= 11 is 6.10. The largest absolute Gasteiger partial charge is 0.478 e. The number of halogens is 2. The van der Waals surface area contributed by atoms with Crippen LogP contribution in [-0.4, -0.2) is 50.3 Å². The molecule has 8 nitrogen and oxygen atoms in total. The number of para-hydroxylation sites is 1. The van der Waals surface area contributed by atoms with Gasteiger partial charge in [0.2, 0.25) is 0 Å². The number of benzene rings is 2. The molecule has 0 radical (unpaired) electrons. The third kappa shape index (κ3) is 5.39. The number of aromatic nitrogens is 3. The van der Waals surface area contributed by atoms with Crippen molar-refractivity contribution in [1.29, 1.82) is 0 Å². The molecule has 4 heterocycles. The maximum absolute atomic E-state index is 14.0. The van der Waals surface area contributed by atoms with E-state index in [9.17, 15) is 14.3 Å². The highest BCUT2D eigenvalue weighted by molar-refractivity contribution is 6.30. The maximum Gasteiger partial charge on any atom is 0.335 e. The van der Waals surface area contributed by atoms with Gasteiger partial charge in [0, 0.05) is 30.6 Å². The second kappa shape index (κ2) is 10.9. The van der Waals surface area contributed by atoms with Crippen molar-refractivity contribution in [3.05, 3.63) is 88.5 Å². The third-order valence-electron chi connectivity index (χ3n) is 9.31. The van der Waals surface area contributed by atoms with Crippen molar-refractivity contribution >= 4 is 28.6 Å². The van der Waals surface area contributed by atoms with Gasteiger partial charge >= 0.3 is 5.97 Å². The lowest BCUT2D eigenvalue weighted by Crippen LogP contribution is -2.43. The maximum atomic E-state index is 14.0. The summed E-state index contributed by atoms with van der Waals surface area (Å²) in [7, 11) is 0. The summed E-state index contributed by atoms with van der Waals surface area (Å²) in [6.07, 6.45) is 4.96. The Hall–Kier alpha value is -3.53. The molecule has 0 bridgehead atoms. The number of piperidine rings is 1. The highest BCUT2D eigenvalue weighted by atomic mass is 35.5. The van der Waals surface area contributed by atoms with E-state index in [4.69, 9.17) is 26.1 Å². The van der Waals surface area contributed by atoms with Gasteiger partial charge in [-0.05, 0) is 81.1 Å². The van der Waals surface area contributed by atoms with Crippen molar-refractivity contribution in [2.45, 2.75) is 57.6 Å². The lowest BCUT2D eigenvalue weighted by atomic mass is 9.86. The molecule has 2 aromatic carbocycles. The first kappa shape index (κ1) is 28.3. The van der Waals surface area contributed by atoms with Crippen molar-refractivity contribution in [3.63, 3.8) is 0 Å². The quantitative estimate of drug-likeness (QED) is 0.237. The standard InChI is InChI=1S/C33H34ClFN4O4/c1-32(28-9-7-23(34)17-36-28)42-27-5-3-2-4-24(27)30(43-32)21-10-14-38(15-11-21)18-29-37-25-8-6-22(31(40)41)16-26(25)39(29)20-33(19-35)12-13-33/h2-9,16-17,21,30H,10-15,18-20H2,1H3,(H,40,41)/t30?,32-/m1/s1. The Morgan fingerprint density at radius 3 is 2.63 bits per heavy atom. The monoisotopic (exact) mass is 604 g/mol. The van der Waals surface area contributed by atoms with Gasteiger partial charge < -0.3 is 19.1 Å². The van der Waals surface area contributed by atoms with E-state index in [-0.39, 0.29) is 29.7 Å². The molecule has 10 heteroatoms. The molecular formula is C33H34ClFN4O4. The smallest absolute Gasteiger partial charge is 0.335 e. The zero-order valence-corrected chi connectivity index (χ0v) is 24.8. The zero-order chi connectivity index (χ0) is 29.8. The minimum Gasteiger partial charge on any atom is -0.478 e. The number of aromatic carboxylic acids is 1. The van der Waals surface area contributed by atoms with Crippen LogP contribution in [0, 0.1) is 11.3 Å². The van der Waals surface area contributed by atoms with Gasteiger partial charge in [-0.25, -0.2) is 9.78 Å². The number of pyridine rings is 1. The summed E-state index contributed by atoms with van der Waals surface area (Å²) in [5, 5.41) is 10.1. The van der Waals surface area contributed by atoms with E-state index in [1.54, 1.807) is 30.5 Å². The molecule has 4 aromatic rings. The normalized spacial score (nSPS) is 23.6. The summed E-state index contributed by atoms with van der Waals surface area (Å²) in [6.45, 7) is 4.35. The van der Waals surface area contributed by atoms with Crippen molar-refractivity contribution in [2.24, 2.45) is 11.3 Å². The number of alkyl halides is 1. The average molecular weight is 605 g/mol. The fourth-order valence-electron chi connectivity index (χ4n) is 6.52. The minimum atomic E-state index is -1.05. The summed E-state index contributed by atoms with van der Waals surface area (Å²) in [5.41, 5.74) is 3.06. The number of carboxylic acids is 1. The lowest BCUT2D eigenvalue weighted by Gasteiger charge is -2.44. The van der Waals surface area contributed by atoms with Crippen LogP contribution >= 0.6 is 11.6 Å². The molecule has 2 atom stereocenters. The van der Waals surface area contributed by atoms with Gasteiger partial charge in [-0.2, -0.15) is 0 Å². The molecular weight excluding hydrogens is 571 g/mol. The van der Waals surface area contributed by atoms with Gasteiger partial charge in [0.05, 0.1) is 40.9 Å². The summed E-state index contributed by atoms with van der Waals surface area (Å²) in [6, 6.07) is 16.7. The number of rotatable bonds is 8. The Morgan fingerprint density at radius 2 is 1.93 bits per heavy atom. The topological polar surface area (TPSA) is 89.7 Å². The van der Waals surface area contributed by atoms with Crippen molar-refractivity contribution in [1.82, 2.24) is 19.4 Å². The van der Waals surface area contributed by atoms with E-state index in [1.807, 2.05) is 31.2 Å². The Balaban J connectivity index is 1.11. The Bertz CT molecular complexity index is 1670. The van der Waals surface area contributed by atoms with E-state index in [2.05, 4.69) is 20.5 Å². The van der Waals surface area contributed by atoms with E-state index in [1.165, 1.54) is 0 Å². The number of likely N-dealkylation sites (tertiary alicyclic amines) is 1. The minimum absolute atomic E-state index is 0.159. The molecule has 0 amide bonds. The molecule has 0 spiro atoms. The Kier molecular flexibility index (Phi) is 7.15. The van der Waals surface area contributed by atoms with Gasteiger partial charge in [0.25, 0.3) is 5.79 Å². The number of hydrogen-bond acceptors (Lipinski definition) is 6. The lowest BCUT2D eigenvalue weighted by molar-refractivity contribution is -0.244. The first-order valence-electron chi connectivity index (χ1n) is 14.8. The van der Waals surface area contributed by atoms with Crippen LogP contribution in [0.5, 0.6) is 5.75 Å². The second-order valence-corrected chi connectivity index (χ2v) is 12.8. The van der Waals surface area contributed by atoms with E-state index in [0.717, 1.165) is 66.9 Å². The molecule has 7 rings (SSSR count). The highest BCUT2D eigenvalue weighted by Gasteiger charge is 2.45. The number of fused-ring (bicyclic) bond motifs is 2. The fraction of sp³-hybridized carbons (Fsp3) is 0.424. The summed E-state index contributed by atoms with van der Waals surface area (Å²) < 4.78 is 29.1. The Labute approximate surface area is 254 Å². The molecule has 2 aliphatic heterocycles. The van der Waals surface area contributed by atoms with E-state index in [0.29, 0.717) is 23.8 Å².